The molecule has 0 aliphatic heterocycles. The van der Waals surface area contributed by atoms with Gasteiger partial charge in [-0.05, 0) is 32.0 Å². The lowest BCUT2D eigenvalue weighted by Gasteiger charge is -2.27. The van der Waals surface area contributed by atoms with E-state index < -0.39 is 0 Å². The number of rotatable bonds is 8. The van der Waals surface area contributed by atoms with E-state index >= 15 is 0 Å². The van der Waals surface area contributed by atoms with Gasteiger partial charge in [-0.1, -0.05) is 5.57 Å². The number of ether oxygens (including phenoxy) is 3. The van der Waals surface area contributed by atoms with Crippen LogP contribution in [0.2, 0.25) is 0 Å². The molecule has 6 heteroatoms. The van der Waals surface area contributed by atoms with E-state index in [0.717, 1.165) is 16.8 Å². The first-order valence-electron chi connectivity index (χ1n) is 7.25. The molecule has 0 atom stereocenters. The second kappa shape index (κ2) is 9.43. The van der Waals surface area contributed by atoms with Crippen LogP contribution >= 0.6 is 11.6 Å². The SMILES string of the molecule is COCCN(C(=O)CCl)C(=C(C)C)c1ccc(OC)c(OC)c1. The average Bonchev–Trinajstić information content (AvgIpc) is 2.56. The van der Waals surface area contributed by atoms with Gasteiger partial charge in [0.1, 0.15) is 5.88 Å². The van der Waals surface area contributed by atoms with Crippen molar-refractivity contribution in [2.75, 3.05) is 40.4 Å². The maximum atomic E-state index is 12.3. The largest absolute Gasteiger partial charge is 0.493 e. The molecule has 0 spiro atoms. The van der Waals surface area contributed by atoms with Crippen molar-refractivity contribution in [3.05, 3.63) is 29.3 Å². The average molecular weight is 342 g/mol. The first-order valence-corrected chi connectivity index (χ1v) is 7.78. The molecule has 1 aromatic carbocycles. The van der Waals surface area contributed by atoms with Crippen LogP contribution in [0.5, 0.6) is 11.5 Å². The molecule has 1 amide bonds. The molecule has 0 saturated heterocycles. The quantitative estimate of drug-likeness (QED) is 0.681. The van der Waals surface area contributed by atoms with E-state index in [1.807, 2.05) is 32.0 Å². The number of alkyl halides is 1. The Morgan fingerprint density at radius 1 is 1.13 bits per heavy atom. The molecular formula is C17H24ClNO4. The number of nitrogens with zero attached hydrogens (tertiary/aromatic N) is 1. The number of hydrogen-bond acceptors (Lipinski definition) is 4. The summed E-state index contributed by atoms with van der Waals surface area (Å²) in [6.07, 6.45) is 0. The van der Waals surface area contributed by atoms with Gasteiger partial charge in [0.05, 0.1) is 20.8 Å². The lowest BCUT2D eigenvalue weighted by Crippen LogP contribution is -2.34. The third-order valence-corrected chi connectivity index (χ3v) is 3.56. The number of carbonyl (C=O) groups is 1. The normalized spacial score (nSPS) is 10.2. The summed E-state index contributed by atoms with van der Waals surface area (Å²) in [4.78, 5) is 13.9. The molecule has 23 heavy (non-hydrogen) atoms. The molecule has 0 aliphatic rings. The van der Waals surface area contributed by atoms with Crippen molar-refractivity contribution < 1.29 is 19.0 Å². The van der Waals surface area contributed by atoms with Gasteiger partial charge in [-0.2, -0.15) is 0 Å². The second-order valence-corrected chi connectivity index (χ2v) is 5.36. The molecule has 1 aromatic rings. The Balaban J connectivity index is 3.34. The van der Waals surface area contributed by atoms with E-state index in [1.54, 1.807) is 26.2 Å². The molecule has 5 nitrogen and oxygen atoms in total. The Bertz CT molecular complexity index is 568. The minimum Gasteiger partial charge on any atom is -0.493 e. The lowest BCUT2D eigenvalue weighted by molar-refractivity contribution is -0.125. The molecule has 0 N–H and O–H groups in total. The number of benzene rings is 1. The smallest absolute Gasteiger partial charge is 0.242 e. The molecule has 1 rings (SSSR count). The molecule has 0 fully saturated rings. The molecule has 0 radical (unpaired) electrons. The molecule has 0 heterocycles. The van der Waals surface area contributed by atoms with Gasteiger partial charge in [0, 0.05) is 24.9 Å². The summed E-state index contributed by atoms with van der Waals surface area (Å²) in [6, 6.07) is 5.56. The van der Waals surface area contributed by atoms with Gasteiger partial charge in [0.2, 0.25) is 5.91 Å². The minimum atomic E-state index is -0.172. The summed E-state index contributed by atoms with van der Waals surface area (Å²) in [6.45, 7) is 4.75. The zero-order valence-corrected chi connectivity index (χ0v) is 15.1. The van der Waals surface area contributed by atoms with E-state index in [2.05, 4.69) is 0 Å². The van der Waals surface area contributed by atoms with Crippen LogP contribution in [-0.4, -0.2) is 51.2 Å². The number of methoxy groups -OCH3 is 3. The first-order chi connectivity index (χ1) is 11.0. The number of halogens is 1. The van der Waals surface area contributed by atoms with E-state index in [0.29, 0.717) is 24.7 Å². The van der Waals surface area contributed by atoms with Crippen molar-refractivity contribution in [3.63, 3.8) is 0 Å². The fourth-order valence-electron chi connectivity index (χ4n) is 2.31. The van der Waals surface area contributed by atoms with Crippen LogP contribution in [0.25, 0.3) is 5.70 Å². The van der Waals surface area contributed by atoms with Gasteiger partial charge in [0.25, 0.3) is 0 Å². The molecule has 0 bridgehead atoms. The zero-order chi connectivity index (χ0) is 17.4. The van der Waals surface area contributed by atoms with Crippen LogP contribution in [-0.2, 0) is 9.53 Å². The van der Waals surface area contributed by atoms with Crippen molar-refractivity contribution in [2.45, 2.75) is 13.8 Å². The van der Waals surface area contributed by atoms with E-state index in [4.69, 9.17) is 25.8 Å². The van der Waals surface area contributed by atoms with Gasteiger partial charge in [0.15, 0.2) is 11.5 Å². The van der Waals surface area contributed by atoms with Gasteiger partial charge >= 0.3 is 0 Å². The number of amides is 1. The lowest BCUT2D eigenvalue weighted by atomic mass is 10.1. The van der Waals surface area contributed by atoms with Crippen LogP contribution in [0, 0.1) is 0 Å². The standard InChI is InChI=1S/C17H24ClNO4/c1-12(2)17(19(8-9-21-3)16(20)11-18)13-6-7-14(22-4)15(10-13)23-5/h6-7,10H,8-9,11H2,1-5H3. The third kappa shape index (κ3) is 4.88. The highest BCUT2D eigenvalue weighted by Crippen LogP contribution is 2.33. The molecule has 0 aromatic heterocycles. The topological polar surface area (TPSA) is 48.0 Å². The number of allylic oxidation sites excluding steroid dienone is 1. The van der Waals surface area contributed by atoms with Crippen molar-refractivity contribution in [3.8, 4) is 11.5 Å². The van der Waals surface area contributed by atoms with Crippen LogP contribution in [0.4, 0.5) is 0 Å². The number of carbonyl (C=O) groups excluding carboxylic acids is 1. The molecule has 0 unspecified atom stereocenters. The molecular weight excluding hydrogens is 318 g/mol. The maximum absolute atomic E-state index is 12.3. The summed E-state index contributed by atoms with van der Waals surface area (Å²) < 4.78 is 15.7. The summed E-state index contributed by atoms with van der Waals surface area (Å²) in [5.74, 6) is 0.980. The predicted molar refractivity (Wildman–Crippen MR) is 92.1 cm³/mol. The van der Waals surface area contributed by atoms with Gasteiger partial charge < -0.3 is 19.1 Å². The summed E-state index contributed by atoms with van der Waals surface area (Å²) in [7, 11) is 4.76. The first kappa shape index (κ1) is 19.3. The van der Waals surface area contributed by atoms with E-state index in [-0.39, 0.29) is 11.8 Å². The highest BCUT2D eigenvalue weighted by Gasteiger charge is 2.21. The Morgan fingerprint density at radius 3 is 2.26 bits per heavy atom. The van der Waals surface area contributed by atoms with Crippen LogP contribution in [0.15, 0.2) is 23.8 Å². The minimum absolute atomic E-state index is 0.0895. The molecule has 0 saturated carbocycles. The van der Waals surface area contributed by atoms with E-state index in [1.165, 1.54) is 0 Å². The van der Waals surface area contributed by atoms with Gasteiger partial charge in [-0.3, -0.25) is 4.79 Å². The highest BCUT2D eigenvalue weighted by atomic mass is 35.5. The summed E-state index contributed by atoms with van der Waals surface area (Å²) >= 11 is 5.77. The van der Waals surface area contributed by atoms with Gasteiger partial charge in [-0.25, -0.2) is 0 Å². The van der Waals surface area contributed by atoms with Crippen molar-refractivity contribution in [2.24, 2.45) is 0 Å². The van der Waals surface area contributed by atoms with Crippen LogP contribution in [0.3, 0.4) is 0 Å². The van der Waals surface area contributed by atoms with Crippen molar-refractivity contribution in [1.29, 1.82) is 0 Å². The van der Waals surface area contributed by atoms with Crippen molar-refractivity contribution >= 4 is 23.2 Å². The Morgan fingerprint density at radius 2 is 1.78 bits per heavy atom. The summed E-state index contributed by atoms with van der Waals surface area (Å²) in [5.41, 5.74) is 2.65. The third-order valence-electron chi connectivity index (χ3n) is 3.33. The highest BCUT2D eigenvalue weighted by molar-refractivity contribution is 6.27. The molecule has 128 valence electrons. The summed E-state index contributed by atoms with van der Waals surface area (Å²) in [5, 5.41) is 0. The Labute approximate surface area is 142 Å². The predicted octanol–water partition coefficient (Wildman–Crippen LogP) is 3.17. The molecule has 0 aliphatic carbocycles. The maximum Gasteiger partial charge on any atom is 0.242 e. The fourth-order valence-corrected chi connectivity index (χ4v) is 2.46. The monoisotopic (exact) mass is 341 g/mol. The number of hydrogen-bond donors (Lipinski definition) is 0. The van der Waals surface area contributed by atoms with Crippen LogP contribution in [0.1, 0.15) is 19.4 Å². The fraction of sp³-hybridized carbons (Fsp3) is 0.471. The second-order valence-electron chi connectivity index (χ2n) is 5.09. The van der Waals surface area contributed by atoms with Gasteiger partial charge in [-0.15, -0.1) is 11.6 Å². The Kier molecular flexibility index (Phi) is 7.92. The van der Waals surface area contributed by atoms with Crippen LogP contribution < -0.4 is 9.47 Å². The zero-order valence-electron chi connectivity index (χ0n) is 14.3. The van der Waals surface area contributed by atoms with Crippen molar-refractivity contribution in [1.82, 2.24) is 4.90 Å². The Hall–Kier alpha value is -1.72. The van der Waals surface area contributed by atoms with E-state index in [9.17, 15) is 4.79 Å².